The Morgan fingerprint density at radius 1 is 1.34 bits per heavy atom. The zero-order valence-electron chi connectivity index (χ0n) is 17.5. The second kappa shape index (κ2) is 10.1. The van der Waals surface area contributed by atoms with Gasteiger partial charge in [0.05, 0.1) is 11.4 Å². The van der Waals surface area contributed by atoms with E-state index in [4.69, 9.17) is 5.73 Å². The van der Waals surface area contributed by atoms with E-state index in [-0.39, 0.29) is 5.91 Å². The second-order valence-electron chi connectivity index (χ2n) is 7.72. The molecule has 1 aliphatic heterocycles. The summed E-state index contributed by atoms with van der Waals surface area (Å²) in [5, 5.41) is 8.12. The average molecular weight is 397 g/mol. The highest BCUT2D eigenvalue weighted by atomic mass is 16.1. The van der Waals surface area contributed by atoms with Crippen LogP contribution in [-0.4, -0.2) is 53.2 Å². The first-order valence-corrected chi connectivity index (χ1v) is 10.4. The van der Waals surface area contributed by atoms with E-state index in [2.05, 4.69) is 45.6 Å². The molecule has 1 saturated heterocycles. The van der Waals surface area contributed by atoms with Crippen molar-refractivity contribution in [3.63, 3.8) is 0 Å². The molecule has 1 amide bonds. The Morgan fingerprint density at radius 2 is 2.14 bits per heavy atom. The topological polar surface area (TPSA) is 88.5 Å². The Labute approximate surface area is 173 Å². The van der Waals surface area contributed by atoms with E-state index in [9.17, 15) is 4.79 Å². The molecule has 0 bridgehead atoms. The molecule has 1 fully saturated rings. The third-order valence-corrected chi connectivity index (χ3v) is 5.45. The second-order valence-corrected chi connectivity index (χ2v) is 7.72. The van der Waals surface area contributed by atoms with Crippen LogP contribution in [0, 0.1) is 12.8 Å². The van der Waals surface area contributed by atoms with Crippen LogP contribution in [0.15, 0.2) is 41.5 Å². The number of nitrogens with one attached hydrogen (secondary N) is 1. The lowest BCUT2D eigenvalue weighted by Gasteiger charge is -2.34. The Bertz CT molecular complexity index is 829. The number of hydrogen-bond donors (Lipinski definition) is 2. The van der Waals surface area contributed by atoms with Gasteiger partial charge in [-0.25, -0.2) is 4.68 Å². The van der Waals surface area contributed by atoms with E-state index in [1.165, 1.54) is 5.56 Å². The van der Waals surface area contributed by atoms with Crippen LogP contribution in [0.3, 0.4) is 0 Å². The molecule has 29 heavy (non-hydrogen) atoms. The van der Waals surface area contributed by atoms with E-state index in [1.54, 1.807) is 0 Å². The van der Waals surface area contributed by atoms with E-state index in [0.717, 1.165) is 62.7 Å². The molecular formula is C22H32N6O. The number of benzene rings is 1. The molecule has 0 radical (unpaired) electrons. The number of rotatable bonds is 7. The van der Waals surface area contributed by atoms with Crippen LogP contribution in [0.25, 0.3) is 5.69 Å². The molecule has 3 rings (SSSR count). The lowest BCUT2D eigenvalue weighted by Crippen LogP contribution is -2.47. The molecular weight excluding hydrogens is 364 g/mol. The zero-order valence-corrected chi connectivity index (χ0v) is 17.5. The summed E-state index contributed by atoms with van der Waals surface area (Å²) >= 11 is 0. The number of aryl methyl sites for hydroxylation is 2. The van der Waals surface area contributed by atoms with Crippen molar-refractivity contribution in [3.05, 3.63) is 47.8 Å². The number of hydrogen-bond acceptors (Lipinski definition) is 3. The molecule has 2 heterocycles. The van der Waals surface area contributed by atoms with Gasteiger partial charge in [0.1, 0.15) is 0 Å². The van der Waals surface area contributed by atoms with Gasteiger partial charge in [0, 0.05) is 39.3 Å². The molecule has 0 saturated carbocycles. The lowest BCUT2D eigenvalue weighted by atomic mass is 9.95. The van der Waals surface area contributed by atoms with Crippen molar-refractivity contribution in [2.45, 2.75) is 39.0 Å². The number of guanidine groups is 1. The van der Waals surface area contributed by atoms with Crippen LogP contribution in [0.1, 0.15) is 36.9 Å². The van der Waals surface area contributed by atoms with Crippen molar-refractivity contribution in [1.82, 2.24) is 20.0 Å². The van der Waals surface area contributed by atoms with Gasteiger partial charge in [0.25, 0.3) is 0 Å². The quantitative estimate of drug-likeness (QED) is 0.427. The van der Waals surface area contributed by atoms with Gasteiger partial charge in [-0.15, -0.1) is 0 Å². The van der Waals surface area contributed by atoms with Gasteiger partial charge < -0.3 is 16.0 Å². The van der Waals surface area contributed by atoms with Crippen LogP contribution in [0.4, 0.5) is 0 Å². The number of nitrogens with zero attached hydrogens (tertiary/aromatic N) is 4. The highest BCUT2D eigenvalue weighted by Gasteiger charge is 2.23. The van der Waals surface area contributed by atoms with Crippen molar-refractivity contribution >= 4 is 11.9 Å². The zero-order chi connectivity index (χ0) is 20.6. The molecule has 1 aliphatic rings. The summed E-state index contributed by atoms with van der Waals surface area (Å²) in [7, 11) is 1.81. The number of aliphatic imine (C=N–C) groups is 1. The van der Waals surface area contributed by atoms with Crippen LogP contribution in [-0.2, 0) is 11.2 Å². The van der Waals surface area contributed by atoms with Crippen LogP contribution >= 0.6 is 0 Å². The van der Waals surface area contributed by atoms with Crippen LogP contribution in [0.2, 0.25) is 0 Å². The summed E-state index contributed by atoms with van der Waals surface area (Å²) in [6, 6.07) is 10.2. The third kappa shape index (κ3) is 5.82. The van der Waals surface area contributed by atoms with Gasteiger partial charge in [-0.05, 0) is 56.2 Å². The number of primary amides is 1. The first-order valence-electron chi connectivity index (χ1n) is 10.4. The Morgan fingerprint density at radius 3 is 2.86 bits per heavy atom. The van der Waals surface area contributed by atoms with Gasteiger partial charge in [-0.3, -0.25) is 9.79 Å². The molecule has 1 atom stereocenters. The van der Waals surface area contributed by atoms with Crippen LogP contribution < -0.4 is 11.1 Å². The smallest absolute Gasteiger partial charge is 0.217 e. The maximum absolute atomic E-state index is 11.2. The van der Waals surface area contributed by atoms with E-state index < -0.39 is 0 Å². The summed E-state index contributed by atoms with van der Waals surface area (Å²) < 4.78 is 1.95. The fourth-order valence-electron chi connectivity index (χ4n) is 3.97. The number of carbonyl (C=O) groups is 1. The average Bonchev–Trinajstić information content (AvgIpc) is 3.09. The summed E-state index contributed by atoms with van der Waals surface area (Å²) in [4.78, 5) is 17.9. The Kier molecular flexibility index (Phi) is 7.27. The van der Waals surface area contributed by atoms with Crippen molar-refractivity contribution in [2.24, 2.45) is 16.6 Å². The van der Waals surface area contributed by atoms with Gasteiger partial charge in [0.2, 0.25) is 5.91 Å². The van der Waals surface area contributed by atoms with Gasteiger partial charge >= 0.3 is 0 Å². The number of nitrogens with two attached hydrogens (primary N) is 1. The predicted octanol–water partition coefficient (Wildman–Crippen LogP) is 2.28. The number of likely N-dealkylation sites (tertiary alicyclic amines) is 1. The Balaban J connectivity index is 1.48. The fourth-order valence-corrected chi connectivity index (χ4v) is 3.97. The SMILES string of the molecule is CN=C(NCCCc1cn(-c2ccccc2)nc1C)N1CCCC(CC(N)=O)C1. The normalized spacial score (nSPS) is 17.4. The van der Waals surface area contributed by atoms with E-state index >= 15 is 0 Å². The number of piperidine rings is 1. The highest BCUT2D eigenvalue weighted by Crippen LogP contribution is 2.19. The number of amides is 1. The van der Waals surface area contributed by atoms with Gasteiger partial charge in [-0.2, -0.15) is 5.10 Å². The summed E-state index contributed by atoms with van der Waals surface area (Å²) in [5.41, 5.74) is 8.79. The number of para-hydroxylation sites is 1. The molecule has 0 aliphatic carbocycles. The monoisotopic (exact) mass is 396 g/mol. The molecule has 1 aromatic heterocycles. The van der Waals surface area contributed by atoms with E-state index in [1.807, 2.05) is 29.9 Å². The third-order valence-electron chi connectivity index (χ3n) is 5.45. The first-order chi connectivity index (χ1) is 14.1. The molecule has 1 aromatic carbocycles. The summed E-state index contributed by atoms with van der Waals surface area (Å²) in [5.74, 6) is 1.02. The van der Waals surface area contributed by atoms with Crippen molar-refractivity contribution < 1.29 is 4.79 Å². The van der Waals surface area contributed by atoms with Crippen molar-refractivity contribution in [1.29, 1.82) is 0 Å². The minimum Gasteiger partial charge on any atom is -0.370 e. The Hall–Kier alpha value is -2.83. The molecule has 7 heteroatoms. The largest absolute Gasteiger partial charge is 0.370 e. The minimum atomic E-state index is -0.216. The lowest BCUT2D eigenvalue weighted by molar-refractivity contribution is -0.119. The summed E-state index contributed by atoms with van der Waals surface area (Å²) in [6.07, 6.45) is 6.67. The maximum Gasteiger partial charge on any atom is 0.217 e. The van der Waals surface area contributed by atoms with E-state index in [0.29, 0.717) is 12.3 Å². The van der Waals surface area contributed by atoms with Crippen molar-refractivity contribution in [3.8, 4) is 5.69 Å². The molecule has 2 aromatic rings. The maximum atomic E-state index is 11.2. The first kappa shape index (κ1) is 20.9. The predicted molar refractivity (Wildman–Crippen MR) is 116 cm³/mol. The standard InChI is InChI=1S/C22H32N6O/c1-17-19(16-28(26-17)20-10-4-3-5-11-20)9-6-12-25-22(24-2)27-13-7-8-18(15-27)14-21(23)29/h3-5,10-11,16,18H,6-9,12-15H2,1-2H3,(H2,23,29)(H,24,25). The molecule has 3 N–H and O–H groups in total. The van der Waals surface area contributed by atoms with Gasteiger partial charge in [0.15, 0.2) is 5.96 Å². The molecule has 7 nitrogen and oxygen atoms in total. The fraction of sp³-hybridized carbons (Fsp3) is 0.500. The number of carbonyl (C=O) groups excluding carboxylic acids is 1. The molecule has 1 unspecified atom stereocenters. The minimum absolute atomic E-state index is 0.216. The number of aromatic nitrogens is 2. The highest BCUT2D eigenvalue weighted by molar-refractivity contribution is 5.80. The molecule has 156 valence electrons. The van der Waals surface area contributed by atoms with Crippen LogP contribution in [0.5, 0.6) is 0 Å². The van der Waals surface area contributed by atoms with Crippen molar-refractivity contribution in [2.75, 3.05) is 26.7 Å². The molecule has 0 spiro atoms. The summed E-state index contributed by atoms with van der Waals surface area (Å²) in [6.45, 7) is 4.72. The van der Waals surface area contributed by atoms with Gasteiger partial charge in [-0.1, -0.05) is 18.2 Å².